The number of phenols is 1. The summed E-state index contributed by atoms with van der Waals surface area (Å²) in [5.41, 5.74) is 1.98. The van der Waals surface area contributed by atoms with Crippen molar-refractivity contribution in [3.05, 3.63) is 59.7 Å². The minimum Gasteiger partial charge on any atom is -0.508 e. The second-order valence-electron chi connectivity index (χ2n) is 6.36. The van der Waals surface area contributed by atoms with Gasteiger partial charge in [0, 0.05) is 19.5 Å². The highest BCUT2D eigenvalue weighted by Crippen LogP contribution is 2.23. The maximum atomic E-state index is 12.3. The fourth-order valence-electron chi connectivity index (χ4n) is 3.09. The number of aromatic hydroxyl groups is 1. The quantitative estimate of drug-likeness (QED) is 0.550. The molecule has 1 fully saturated rings. The molecule has 2 aromatic rings. The van der Waals surface area contributed by atoms with Crippen LogP contribution in [0.5, 0.6) is 11.5 Å². The number of amides is 1. The van der Waals surface area contributed by atoms with E-state index in [1.54, 1.807) is 24.1 Å². The van der Waals surface area contributed by atoms with Gasteiger partial charge in [0.15, 0.2) is 0 Å². The Morgan fingerprint density at radius 2 is 1.85 bits per heavy atom. The molecular formula is C20H23N3O3. The molecule has 0 bridgehead atoms. The smallest absolute Gasteiger partial charge is 0.223 e. The second-order valence-corrected chi connectivity index (χ2v) is 6.36. The molecule has 0 saturated carbocycles. The first-order valence-electron chi connectivity index (χ1n) is 8.59. The summed E-state index contributed by atoms with van der Waals surface area (Å²) in [6.07, 6.45) is 1.11. The summed E-state index contributed by atoms with van der Waals surface area (Å²) >= 11 is 0. The summed E-state index contributed by atoms with van der Waals surface area (Å²) in [6, 6.07) is 14.3. The number of carbonyl (C=O) groups excluding carboxylic acids is 1. The molecule has 1 heterocycles. The number of amidine groups is 1. The fourth-order valence-corrected chi connectivity index (χ4v) is 3.09. The summed E-state index contributed by atoms with van der Waals surface area (Å²) in [5, 5.41) is 20.8. The Balaban J connectivity index is 1.62. The van der Waals surface area contributed by atoms with Crippen molar-refractivity contribution in [1.82, 2.24) is 10.2 Å². The molecule has 0 spiro atoms. The topological polar surface area (TPSA) is 85.7 Å². The van der Waals surface area contributed by atoms with E-state index in [9.17, 15) is 9.90 Å². The van der Waals surface area contributed by atoms with Gasteiger partial charge in [-0.2, -0.15) is 0 Å². The Kier molecular flexibility index (Phi) is 5.41. The van der Waals surface area contributed by atoms with Crippen LogP contribution in [0.3, 0.4) is 0 Å². The number of ether oxygens (including phenoxy) is 1. The van der Waals surface area contributed by atoms with Gasteiger partial charge in [0.1, 0.15) is 17.3 Å². The van der Waals surface area contributed by atoms with Crippen molar-refractivity contribution in [3.8, 4) is 11.5 Å². The summed E-state index contributed by atoms with van der Waals surface area (Å²) < 4.78 is 5.16. The minimum atomic E-state index is -0.235. The zero-order chi connectivity index (χ0) is 18.5. The highest BCUT2D eigenvalue weighted by molar-refractivity contribution is 5.92. The highest BCUT2D eigenvalue weighted by atomic mass is 16.5. The maximum Gasteiger partial charge on any atom is 0.223 e. The lowest BCUT2D eigenvalue weighted by atomic mass is 10.1. The van der Waals surface area contributed by atoms with Crippen LogP contribution in [-0.2, 0) is 17.9 Å². The Hall–Kier alpha value is -3.02. The number of benzene rings is 2. The first-order valence-corrected chi connectivity index (χ1v) is 8.59. The van der Waals surface area contributed by atoms with Gasteiger partial charge < -0.3 is 20.1 Å². The van der Waals surface area contributed by atoms with Gasteiger partial charge in [0.05, 0.1) is 13.2 Å². The van der Waals surface area contributed by atoms with E-state index >= 15 is 0 Å². The standard InChI is InChI=1S/C20H23N3O3/c1-26-17-8-4-15(5-9-17)13-23-18(10-11-19(23)25)20(21)22-12-14-2-6-16(24)7-3-14/h2-9,18,24H,10-13H2,1H3,(H2,21,22). The number of methoxy groups -OCH3 is 1. The lowest BCUT2D eigenvalue weighted by Gasteiger charge is -2.26. The van der Waals surface area contributed by atoms with Gasteiger partial charge in [-0.05, 0) is 41.8 Å². The largest absolute Gasteiger partial charge is 0.508 e. The molecule has 0 aromatic heterocycles. The molecule has 0 aliphatic carbocycles. The number of phenolic OH excluding ortho intramolecular Hbond substituents is 1. The SMILES string of the molecule is COc1ccc(CN2C(=O)CCC2C(=N)NCc2ccc(O)cc2)cc1. The fraction of sp³-hybridized carbons (Fsp3) is 0.300. The lowest BCUT2D eigenvalue weighted by molar-refractivity contribution is -0.128. The van der Waals surface area contributed by atoms with E-state index in [1.807, 2.05) is 36.4 Å². The molecule has 0 radical (unpaired) electrons. The number of nitrogens with one attached hydrogen (secondary N) is 2. The van der Waals surface area contributed by atoms with Crippen LogP contribution in [0.1, 0.15) is 24.0 Å². The number of rotatable bonds is 6. The van der Waals surface area contributed by atoms with Crippen LogP contribution in [0.25, 0.3) is 0 Å². The molecular weight excluding hydrogens is 330 g/mol. The Labute approximate surface area is 152 Å². The molecule has 2 aromatic carbocycles. The lowest BCUT2D eigenvalue weighted by Crippen LogP contribution is -2.43. The van der Waals surface area contributed by atoms with Gasteiger partial charge in [-0.25, -0.2) is 0 Å². The summed E-state index contributed by atoms with van der Waals surface area (Å²) in [5.74, 6) is 1.41. The van der Waals surface area contributed by atoms with Gasteiger partial charge in [0.2, 0.25) is 5.91 Å². The molecule has 1 amide bonds. The summed E-state index contributed by atoms with van der Waals surface area (Å²) in [4.78, 5) is 14.0. The first kappa shape index (κ1) is 17.8. The zero-order valence-electron chi connectivity index (χ0n) is 14.7. The zero-order valence-corrected chi connectivity index (χ0v) is 14.7. The molecule has 3 rings (SSSR count). The van der Waals surface area contributed by atoms with Gasteiger partial charge in [-0.1, -0.05) is 24.3 Å². The molecule has 1 aliphatic heterocycles. The van der Waals surface area contributed by atoms with Gasteiger partial charge in [-0.15, -0.1) is 0 Å². The molecule has 136 valence electrons. The molecule has 3 N–H and O–H groups in total. The predicted octanol–water partition coefficient (Wildman–Crippen LogP) is 2.66. The van der Waals surface area contributed by atoms with Gasteiger partial charge in [-0.3, -0.25) is 10.2 Å². The van der Waals surface area contributed by atoms with Crippen LogP contribution in [0.4, 0.5) is 0 Å². The van der Waals surface area contributed by atoms with Gasteiger partial charge >= 0.3 is 0 Å². The average Bonchev–Trinajstić information content (AvgIpc) is 3.02. The average molecular weight is 353 g/mol. The van der Waals surface area contributed by atoms with Crippen LogP contribution < -0.4 is 10.1 Å². The number of hydrogen-bond donors (Lipinski definition) is 3. The van der Waals surface area contributed by atoms with E-state index in [2.05, 4.69) is 5.32 Å². The van der Waals surface area contributed by atoms with Crippen LogP contribution in [0, 0.1) is 5.41 Å². The van der Waals surface area contributed by atoms with Crippen molar-refractivity contribution < 1.29 is 14.6 Å². The molecule has 1 aliphatic rings. The van der Waals surface area contributed by atoms with E-state index in [0.29, 0.717) is 31.8 Å². The monoisotopic (exact) mass is 353 g/mol. The Morgan fingerprint density at radius 1 is 1.19 bits per heavy atom. The van der Waals surface area contributed by atoms with E-state index < -0.39 is 0 Å². The summed E-state index contributed by atoms with van der Waals surface area (Å²) in [7, 11) is 1.62. The minimum absolute atomic E-state index is 0.0713. The molecule has 6 heteroatoms. The molecule has 6 nitrogen and oxygen atoms in total. The highest BCUT2D eigenvalue weighted by Gasteiger charge is 2.33. The van der Waals surface area contributed by atoms with Crippen LogP contribution in [0.2, 0.25) is 0 Å². The molecule has 1 unspecified atom stereocenters. The van der Waals surface area contributed by atoms with Crippen LogP contribution in [0.15, 0.2) is 48.5 Å². The van der Waals surface area contributed by atoms with Crippen molar-refractivity contribution in [2.75, 3.05) is 7.11 Å². The third-order valence-electron chi connectivity index (χ3n) is 4.59. The number of nitrogens with zero attached hydrogens (tertiary/aromatic N) is 1. The Bertz CT molecular complexity index is 772. The Morgan fingerprint density at radius 3 is 2.50 bits per heavy atom. The van der Waals surface area contributed by atoms with Crippen molar-refractivity contribution in [2.45, 2.75) is 32.0 Å². The van der Waals surface area contributed by atoms with E-state index in [1.165, 1.54) is 0 Å². The number of carbonyl (C=O) groups is 1. The second kappa shape index (κ2) is 7.91. The normalized spacial score (nSPS) is 16.6. The van der Waals surface area contributed by atoms with Crippen molar-refractivity contribution in [3.63, 3.8) is 0 Å². The predicted molar refractivity (Wildman–Crippen MR) is 99.2 cm³/mol. The van der Waals surface area contributed by atoms with Crippen molar-refractivity contribution in [1.29, 1.82) is 5.41 Å². The first-order chi connectivity index (χ1) is 12.6. The maximum absolute atomic E-state index is 12.3. The van der Waals surface area contributed by atoms with Gasteiger partial charge in [0.25, 0.3) is 0 Å². The third kappa shape index (κ3) is 4.14. The van der Waals surface area contributed by atoms with Crippen molar-refractivity contribution >= 4 is 11.7 Å². The van der Waals surface area contributed by atoms with E-state index in [0.717, 1.165) is 16.9 Å². The van der Waals surface area contributed by atoms with E-state index in [4.69, 9.17) is 10.1 Å². The van der Waals surface area contributed by atoms with Crippen LogP contribution >= 0.6 is 0 Å². The summed E-state index contributed by atoms with van der Waals surface area (Å²) in [6.45, 7) is 0.969. The van der Waals surface area contributed by atoms with Crippen LogP contribution in [-0.4, -0.2) is 34.9 Å². The number of hydrogen-bond acceptors (Lipinski definition) is 4. The van der Waals surface area contributed by atoms with E-state index in [-0.39, 0.29) is 17.7 Å². The number of likely N-dealkylation sites (tertiary alicyclic amines) is 1. The molecule has 26 heavy (non-hydrogen) atoms. The van der Waals surface area contributed by atoms with Crippen molar-refractivity contribution in [2.24, 2.45) is 0 Å². The molecule has 1 atom stereocenters. The molecule has 1 saturated heterocycles. The third-order valence-corrected chi connectivity index (χ3v) is 4.59.